The van der Waals surface area contributed by atoms with Crippen LogP contribution in [0.1, 0.15) is 25.7 Å². The normalized spacial score (nSPS) is 32.8. The highest BCUT2D eigenvalue weighted by atomic mass is 16.4. The summed E-state index contributed by atoms with van der Waals surface area (Å²) in [6, 6.07) is -0.863. The molecule has 4 heteroatoms. The van der Waals surface area contributed by atoms with Crippen LogP contribution in [0, 0.1) is 5.92 Å². The number of carboxylic acids is 1. The van der Waals surface area contributed by atoms with Gasteiger partial charge in [0.05, 0.1) is 12.1 Å². The minimum Gasteiger partial charge on any atom is -0.548 e. The number of rotatable bonds is 2. The highest BCUT2D eigenvalue weighted by Gasteiger charge is 2.24. The molecule has 1 aliphatic rings. The fraction of sp³-hybridized carbons (Fsp3) is 0.875. The summed E-state index contributed by atoms with van der Waals surface area (Å²) in [5, 5.41) is 19.5. The average molecular weight is 172 g/mol. The Morgan fingerprint density at radius 1 is 1.42 bits per heavy atom. The molecule has 1 aliphatic carbocycles. The van der Waals surface area contributed by atoms with E-state index in [2.05, 4.69) is 0 Å². The fourth-order valence-corrected chi connectivity index (χ4v) is 1.65. The number of aliphatic carboxylic acids is 1. The molecule has 0 spiro atoms. The monoisotopic (exact) mass is 172 g/mol. The van der Waals surface area contributed by atoms with Crippen LogP contribution in [-0.4, -0.2) is 23.2 Å². The Kier molecular flexibility index (Phi) is 3.05. The third kappa shape index (κ3) is 2.19. The number of hydrogen-bond acceptors (Lipinski definition) is 4. The third-order valence-corrected chi connectivity index (χ3v) is 2.52. The van der Waals surface area contributed by atoms with Crippen LogP contribution in [0.2, 0.25) is 0 Å². The molecule has 1 atom stereocenters. The molecule has 12 heavy (non-hydrogen) atoms. The van der Waals surface area contributed by atoms with Gasteiger partial charge in [0.1, 0.15) is 0 Å². The summed E-state index contributed by atoms with van der Waals surface area (Å²) in [4.78, 5) is 10.4. The minimum absolute atomic E-state index is 0.0154. The molecule has 4 nitrogen and oxygen atoms in total. The second kappa shape index (κ2) is 3.87. The third-order valence-electron chi connectivity index (χ3n) is 2.52. The first kappa shape index (κ1) is 9.48. The van der Waals surface area contributed by atoms with Crippen molar-refractivity contribution in [2.24, 2.45) is 11.7 Å². The summed E-state index contributed by atoms with van der Waals surface area (Å²) < 4.78 is 0. The molecular formula is C8H14NO3-. The SMILES string of the molecule is N[C@@H](C(=O)[O-])C1CCC(O)CC1. The number of carbonyl (C=O) groups is 1. The van der Waals surface area contributed by atoms with E-state index in [4.69, 9.17) is 10.8 Å². The van der Waals surface area contributed by atoms with E-state index in [1.54, 1.807) is 0 Å². The van der Waals surface area contributed by atoms with Gasteiger partial charge < -0.3 is 20.7 Å². The molecular weight excluding hydrogens is 158 g/mol. The highest BCUT2D eigenvalue weighted by molar-refractivity contribution is 5.71. The lowest BCUT2D eigenvalue weighted by atomic mass is 9.83. The zero-order chi connectivity index (χ0) is 9.14. The van der Waals surface area contributed by atoms with Crippen LogP contribution < -0.4 is 10.8 Å². The molecule has 3 N–H and O–H groups in total. The maximum Gasteiger partial charge on any atom is 0.0585 e. The van der Waals surface area contributed by atoms with E-state index >= 15 is 0 Å². The number of hydrogen-bond donors (Lipinski definition) is 2. The average Bonchev–Trinajstić information content (AvgIpc) is 2.04. The quantitative estimate of drug-likeness (QED) is 0.537. The standard InChI is InChI=1S/C8H15NO3/c9-7(8(11)12)5-1-3-6(10)4-2-5/h5-7,10H,1-4,9H2,(H,11,12)/p-1/t5?,6?,7-/m1/s1. The van der Waals surface area contributed by atoms with Crippen LogP contribution in [0.3, 0.4) is 0 Å². The molecule has 1 fully saturated rings. The van der Waals surface area contributed by atoms with Crippen LogP contribution in [0.15, 0.2) is 0 Å². The van der Waals surface area contributed by atoms with Crippen molar-refractivity contribution < 1.29 is 15.0 Å². The lowest BCUT2D eigenvalue weighted by Crippen LogP contribution is -2.48. The first-order valence-electron chi connectivity index (χ1n) is 4.25. The van der Waals surface area contributed by atoms with Crippen LogP contribution in [0.5, 0.6) is 0 Å². The van der Waals surface area contributed by atoms with Crippen molar-refractivity contribution in [3.63, 3.8) is 0 Å². The summed E-state index contributed by atoms with van der Waals surface area (Å²) >= 11 is 0. The van der Waals surface area contributed by atoms with Gasteiger partial charge in [-0.1, -0.05) is 0 Å². The largest absolute Gasteiger partial charge is 0.548 e. The molecule has 0 aromatic rings. The van der Waals surface area contributed by atoms with Gasteiger partial charge in [-0.25, -0.2) is 0 Å². The van der Waals surface area contributed by atoms with Gasteiger partial charge in [0.15, 0.2) is 0 Å². The van der Waals surface area contributed by atoms with Crippen LogP contribution >= 0.6 is 0 Å². The van der Waals surface area contributed by atoms with Crippen LogP contribution in [0.25, 0.3) is 0 Å². The number of aliphatic hydroxyl groups is 1. The van der Waals surface area contributed by atoms with E-state index in [0.29, 0.717) is 25.7 Å². The van der Waals surface area contributed by atoms with E-state index in [-0.39, 0.29) is 12.0 Å². The molecule has 0 aromatic heterocycles. The number of aliphatic hydroxyl groups excluding tert-OH is 1. The van der Waals surface area contributed by atoms with Crippen molar-refractivity contribution in [2.45, 2.75) is 37.8 Å². The summed E-state index contributed by atoms with van der Waals surface area (Å²) in [5.74, 6) is -1.20. The lowest BCUT2D eigenvalue weighted by Gasteiger charge is -2.30. The predicted molar refractivity (Wildman–Crippen MR) is 40.9 cm³/mol. The first-order chi connectivity index (χ1) is 5.61. The Hall–Kier alpha value is -0.610. The molecule has 0 saturated heterocycles. The second-order valence-electron chi connectivity index (χ2n) is 3.41. The maximum absolute atomic E-state index is 10.4. The van der Waals surface area contributed by atoms with Gasteiger partial charge in [-0.2, -0.15) is 0 Å². The van der Waals surface area contributed by atoms with Crippen LogP contribution in [-0.2, 0) is 4.79 Å². The predicted octanol–water partition coefficient (Wildman–Crippen LogP) is -1.39. The Morgan fingerprint density at radius 2 is 1.92 bits per heavy atom. The molecule has 0 radical (unpaired) electrons. The molecule has 0 bridgehead atoms. The van der Waals surface area contributed by atoms with Gasteiger partial charge in [-0.05, 0) is 31.6 Å². The van der Waals surface area contributed by atoms with E-state index < -0.39 is 12.0 Å². The Balaban J connectivity index is 2.39. The van der Waals surface area contributed by atoms with Crippen molar-refractivity contribution in [1.82, 2.24) is 0 Å². The zero-order valence-electron chi connectivity index (χ0n) is 6.90. The van der Waals surface area contributed by atoms with Gasteiger partial charge in [0, 0.05) is 6.04 Å². The highest BCUT2D eigenvalue weighted by Crippen LogP contribution is 2.25. The van der Waals surface area contributed by atoms with Gasteiger partial charge in [-0.15, -0.1) is 0 Å². The summed E-state index contributed by atoms with van der Waals surface area (Å²) in [7, 11) is 0. The lowest BCUT2D eigenvalue weighted by molar-refractivity contribution is -0.309. The topological polar surface area (TPSA) is 86.4 Å². The summed E-state index contributed by atoms with van der Waals surface area (Å²) in [6.07, 6.45) is 2.43. The molecule has 70 valence electrons. The molecule has 0 amide bonds. The van der Waals surface area contributed by atoms with Crippen molar-refractivity contribution in [1.29, 1.82) is 0 Å². The van der Waals surface area contributed by atoms with Gasteiger partial charge in [0.25, 0.3) is 0 Å². The number of carbonyl (C=O) groups excluding carboxylic acids is 1. The Morgan fingerprint density at radius 3 is 2.33 bits per heavy atom. The van der Waals surface area contributed by atoms with Crippen molar-refractivity contribution in [3.05, 3.63) is 0 Å². The van der Waals surface area contributed by atoms with Crippen molar-refractivity contribution in [3.8, 4) is 0 Å². The zero-order valence-corrected chi connectivity index (χ0v) is 6.90. The summed E-state index contributed by atoms with van der Waals surface area (Å²) in [6.45, 7) is 0. The molecule has 0 unspecified atom stereocenters. The van der Waals surface area contributed by atoms with E-state index in [9.17, 15) is 9.90 Å². The molecule has 1 rings (SSSR count). The Bertz CT molecular complexity index is 164. The number of nitrogens with two attached hydrogens (primary N) is 1. The minimum atomic E-state index is -1.18. The van der Waals surface area contributed by atoms with Crippen molar-refractivity contribution in [2.75, 3.05) is 0 Å². The maximum atomic E-state index is 10.4. The van der Waals surface area contributed by atoms with Crippen molar-refractivity contribution >= 4 is 5.97 Å². The molecule has 1 saturated carbocycles. The fourth-order valence-electron chi connectivity index (χ4n) is 1.65. The van der Waals surface area contributed by atoms with Crippen LogP contribution in [0.4, 0.5) is 0 Å². The van der Waals surface area contributed by atoms with E-state index in [1.807, 2.05) is 0 Å². The van der Waals surface area contributed by atoms with Gasteiger partial charge in [0.2, 0.25) is 0 Å². The molecule has 0 heterocycles. The van der Waals surface area contributed by atoms with E-state index in [0.717, 1.165) is 0 Å². The molecule has 0 aliphatic heterocycles. The van der Waals surface area contributed by atoms with Gasteiger partial charge >= 0.3 is 0 Å². The van der Waals surface area contributed by atoms with Gasteiger partial charge in [-0.3, -0.25) is 0 Å². The smallest absolute Gasteiger partial charge is 0.0585 e. The molecule has 0 aromatic carbocycles. The first-order valence-corrected chi connectivity index (χ1v) is 4.25. The summed E-state index contributed by atoms with van der Waals surface area (Å²) in [5.41, 5.74) is 5.39. The Labute approximate surface area is 71.4 Å². The van der Waals surface area contributed by atoms with E-state index in [1.165, 1.54) is 0 Å². The number of carboxylic acid groups (broad SMARTS) is 1. The second-order valence-corrected chi connectivity index (χ2v) is 3.41.